The first kappa shape index (κ1) is 30.0. The molecule has 0 radical (unpaired) electrons. The number of rotatable bonds is 13. The third-order valence-electron chi connectivity index (χ3n) is 9.44. The third-order valence-corrected chi connectivity index (χ3v) is 9.44. The molecular formula is C33H44N4O5. The van der Waals surface area contributed by atoms with Crippen LogP contribution >= 0.6 is 0 Å². The maximum absolute atomic E-state index is 14.2. The highest BCUT2D eigenvalue weighted by Gasteiger charge is 2.77. The largest absolute Gasteiger partial charge is 0.396 e. The lowest BCUT2D eigenvalue weighted by molar-refractivity contribution is -0.144. The number of aliphatic hydroxyl groups excluding tert-OH is 1. The topological polar surface area (TPSA) is 111 Å². The normalized spacial score (nSPS) is 27.7. The number of unbranched alkanes of at least 4 members (excludes halogenated alkanes) is 2. The maximum atomic E-state index is 14.2. The second-order valence-corrected chi connectivity index (χ2v) is 12.0. The van der Waals surface area contributed by atoms with Crippen molar-refractivity contribution in [1.29, 1.82) is 0 Å². The van der Waals surface area contributed by atoms with Crippen molar-refractivity contribution in [2.45, 2.75) is 76.7 Å². The van der Waals surface area contributed by atoms with Crippen LogP contribution in [0.15, 0.2) is 54.6 Å². The van der Waals surface area contributed by atoms with Gasteiger partial charge in [0.15, 0.2) is 0 Å². The molecule has 3 fully saturated rings. The van der Waals surface area contributed by atoms with Crippen molar-refractivity contribution in [2.24, 2.45) is 11.8 Å². The highest BCUT2D eigenvalue weighted by molar-refractivity contribution is 6.03. The molecule has 226 valence electrons. The highest BCUT2D eigenvalue weighted by atomic mass is 16.5. The van der Waals surface area contributed by atoms with E-state index in [0.29, 0.717) is 44.5 Å². The number of nitrogens with zero attached hydrogens (tertiary/aromatic N) is 2. The van der Waals surface area contributed by atoms with Crippen molar-refractivity contribution >= 4 is 29.1 Å². The monoisotopic (exact) mass is 576 g/mol. The lowest BCUT2D eigenvalue weighted by Gasteiger charge is -2.33. The van der Waals surface area contributed by atoms with E-state index in [1.54, 1.807) is 4.90 Å². The van der Waals surface area contributed by atoms with Gasteiger partial charge < -0.3 is 30.3 Å². The minimum absolute atomic E-state index is 0.0824. The summed E-state index contributed by atoms with van der Waals surface area (Å²) in [6, 6.07) is 16.6. The molecule has 0 aliphatic carbocycles. The van der Waals surface area contributed by atoms with Gasteiger partial charge in [0.1, 0.15) is 11.6 Å². The molecule has 3 aliphatic heterocycles. The standard InChI is InChI=1S/C33H44N4O5/c1-4-36(5-2)25-16-14-24(15-17-25)35-30(40)28-33-19-18-32(3,42-33)26(29(39)34-22-23-12-8-6-9-13-23)27(33)31(41)37(28)20-10-7-11-21-38/h6,8-9,12-17,26-28,38H,4-5,7,10-11,18-22H2,1-3H3,(H,34,39)(H,35,40)/t26-,27+,28?,32+,33?/m1/s1. The van der Waals surface area contributed by atoms with E-state index in [2.05, 4.69) is 29.4 Å². The number of ether oxygens (including phenoxy) is 1. The first-order valence-corrected chi connectivity index (χ1v) is 15.4. The van der Waals surface area contributed by atoms with Gasteiger partial charge in [-0.1, -0.05) is 30.3 Å². The number of hydrogen-bond donors (Lipinski definition) is 3. The molecule has 0 aromatic heterocycles. The Bertz CT molecular complexity index is 1270. The van der Waals surface area contributed by atoms with Gasteiger partial charge in [0.25, 0.3) is 0 Å². The van der Waals surface area contributed by atoms with Crippen LogP contribution in [0.3, 0.4) is 0 Å². The molecule has 5 atom stereocenters. The van der Waals surface area contributed by atoms with Crippen LogP contribution in [-0.4, -0.2) is 71.2 Å². The second-order valence-electron chi connectivity index (χ2n) is 12.0. The molecule has 3 heterocycles. The molecule has 9 heteroatoms. The van der Waals surface area contributed by atoms with Crippen molar-refractivity contribution < 1.29 is 24.2 Å². The van der Waals surface area contributed by atoms with Gasteiger partial charge in [0, 0.05) is 44.2 Å². The molecule has 42 heavy (non-hydrogen) atoms. The summed E-state index contributed by atoms with van der Waals surface area (Å²) in [6.07, 6.45) is 3.15. The molecule has 2 bridgehead atoms. The number of fused-ring (bicyclic) bond motifs is 1. The van der Waals surface area contributed by atoms with E-state index in [1.165, 1.54) is 0 Å². The number of anilines is 2. The summed E-state index contributed by atoms with van der Waals surface area (Å²) in [5.41, 5.74) is 0.812. The molecule has 5 rings (SSSR count). The summed E-state index contributed by atoms with van der Waals surface area (Å²) in [4.78, 5) is 45.8. The first-order chi connectivity index (χ1) is 20.3. The first-order valence-electron chi connectivity index (χ1n) is 15.4. The molecule has 9 nitrogen and oxygen atoms in total. The molecule has 2 aromatic rings. The average molecular weight is 577 g/mol. The predicted octanol–water partition coefficient (Wildman–Crippen LogP) is 3.72. The minimum atomic E-state index is -1.07. The zero-order valence-corrected chi connectivity index (χ0v) is 25.0. The minimum Gasteiger partial charge on any atom is -0.396 e. The van der Waals surface area contributed by atoms with Crippen LogP contribution in [-0.2, 0) is 25.7 Å². The lowest BCUT2D eigenvalue weighted by Crippen LogP contribution is -2.53. The Labute approximate surface area is 248 Å². The van der Waals surface area contributed by atoms with Crippen molar-refractivity contribution in [1.82, 2.24) is 10.2 Å². The van der Waals surface area contributed by atoms with E-state index in [9.17, 15) is 19.5 Å². The van der Waals surface area contributed by atoms with Gasteiger partial charge in [-0.2, -0.15) is 0 Å². The third kappa shape index (κ3) is 5.40. The molecule has 3 saturated heterocycles. The van der Waals surface area contributed by atoms with Gasteiger partial charge in [0.2, 0.25) is 17.7 Å². The number of nitrogens with one attached hydrogen (secondary N) is 2. The highest BCUT2D eigenvalue weighted by Crippen LogP contribution is 2.63. The molecule has 2 aromatic carbocycles. The molecule has 0 saturated carbocycles. The zero-order chi connectivity index (χ0) is 29.9. The van der Waals surface area contributed by atoms with E-state index in [4.69, 9.17) is 4.74 Å². The van der Waals surface area contributed by atoms with E-state index in [-0.39, 0.29) is 24.3 Å². The number of carbonyl (C=O) groups excluding carboxylic acids is 3. The van der Waals surface area contributed by atoms with Crippen LogP contribution in [0, 0.1) is 11.8 Å². The summed E-state index contributed by atoms with van der Waals surface area (Å²) < 4.78 is 6.71. The summed E-state index contributed by atoms with van der Waals surface area (Å²) in [5.74, 6) is -2.12. The number of hydrogen-bond acceptors (Lipinski definition) is 6. The van der Waals surface area contributed by atoms with Gasteiger partial charge in [-0.25, -0.2) is 0 Å². The zero-order valence-electron chi connectivity index (χ0n) is 25.0. The fraction of sp³-hybridized carbons (Fsp3) is 0.545. The van der Waals surface area contributed by atoms with Crippen LogP contribution in [0.1, 0.15) is 58.4 Å². The van der Waals surface area contributed by atoms with Crippen LogP contribution in [0.5, 0.6) is 0 Å². The number of likely N-dealkylation sites (tertiary alicyclic amines) is 1. The number of carbonyl (C=O) groups is 3. The van der Waals surface area contributed by atoms with Crippen molar-refractivity contribution in [3.05, 3.63) is 60.2 Å². The van der Waals surface area contributed by atoms with Gasteiger partial charge in [0.05, 0.1) is 17.4 Å². The Morgan fingerprint density at radius 2 is 1.71 bits per heavy atom. The number of amides is 3. The number of benzene rings is 2. The summed E-state index contributed by atoms with van der Waals surface area (Å²) in [6.45, 7) is 8.70. The molecule has 3 N–H and O–H groups in total. The van der Waals surface area contributed by atoms with Crippen LogP contribution < -0.4 is 15.5 Å². The van der Waals surface area contributed by atoms with Crippen LogP contribution in [0.2, 0.25) is 0 Å². The van der Waals surface area contributed by atoms with Gasteiger partial charge in [-0.05, 0) is 82.7 Å². The smallest absolute Gasteiger partial charge is 0.250 e. The van der Waals surface area contributed by atoms with Crippen molar-refractivity contribution in [2.75, 3.05) is 36.5 Å². The average Bonchev–Trinajstić information content (AvgIpc) is 3.56. The van der Waals surface area contributed by atoms with Crippen molar-refractivity contribution in [3.8, 4) is 0 Å². The van der Waals surface area contributed by atoms with E-state index in [0.717, 1.165) is 30.8 Å². The maximum Gasteiger partial charge on any atom is 0.250 e. The van der Waals surface area contributed by atoms with E-state index >= 15 is 0 Å². The Hall–Kier alpha value is -3.43. The van der Waals surface area contributed by atoms with Crippen molar-refractivity contribution in [3.63, 3.8) is 0 Å². The fourth-order valence-electron chi connectivity index (χ4n) is 7.39. The van der Waals surface area contributed by atoms with Gasteiger partial charge >= 0.3 is 0 Å². The molecular weight excluding hydrogens is 532 g/mol. The lowest BCUT2D eigenvalue weighted by atomic mass is 9.66. The predicted molar refractivity (Wildman–Crippen MR) is 162 cm³/mol. The molecule has 3 aliphatic rings. The van der Waals surface area contributed by atoms with Gasteiger partial charge in [-0.3, -0.25) is 14.4 Å². The van der Waals surface area contributed by atoms with E-state index in [1.807, 2.05) is 61.5 Å². The summed E-state index contributed by atoms with van der Waals surface area (Å²) in [7, 11) is 0. The Balaban J connectivity index is 1.40. The van der Waals surface area contributed by atoms with E-state index < -0.39 is 29.1 Å². The number of aliphatic hydroxyl groups is 1. The van der Waals surface area contributed by atoms with Gasteiger partial charge in [-0.15, -0.1) is 0 Å². The summed E-state index contributed by atoms with van der Waals surface area (Å²) in [5, 5.41) is 15.4. The quantitative estimate of drug-likeness (QED) is 0.314. The SMILES string of the molecule is CCN(CC)c1ccc(NC(=O)C2N(CCCCCO)C(=O)[C@@H]3[C@H](C(=O)NCc4ccccc4)[C@]4(C)CCC23O4)cc1. The molecule has 3 amide bonds. The second kappa shape index (κ2) is 12.4. The Kier molecular flexibility index (Phi) is 8.89. The van der Waals surface area contributed by atoms with Crippen LogP contribution in [0.25, 0.3) is 0 Å². The summed E-state index contributed by atoms with van der Waals surface area (Å²) >= 11 is 0. The van der Waals surface area contributed by atoms with Crippen LogP contribution in [0.4, 0.5) is 11.4 Å². The molecule has 2 unspecified atom stereocenters. The Morgan fingerprint density at radius 3 is 2.38 bits per heavy atom. The Morgan fingerprint density at radius 1 is 1.00 bits per heavy atom. The fourth-order valence-corrected chi connectivity index (χ4v) is 7.39. The molecule has 1 spiro atoms.